The predicted molar refractivity (Wildman–Crippen MR) is 94.0 cm³/mol. The number of imidazole rings is 1. The van der Waals surface area contributed by atoms with Crippen LogP contribution in [0.4, 0.5) is 4.39 Å². The maximum Gasteiger partial charge on any atom is 0.229 e. The highest BCUT2D eigenvalue weighted by atomic mass is 19.1. The summed E-state index contributed by atoms with van der Waals surface area (Å²) >= 11 is 0. The van der Waals surface area contributed by atoms with Crippen molar-refractivity contribution in [2.45, 2.75) is 32.0 Å². The van der Waals surface area contributed by atoms with Gasteiger partial charge in [-0.3, -0.25) is 4.79 Å². The van der Waals surface area contributed by atoms with Crippen molar-refractivity contribution < 1.29 is 9.18 Å². The summed E-state index contributed by atoms with van der Waals surface area (Å²) in [6.45, 7) is 2.15. The third kappa shape index (κ3) is 2.90. The maximum absolute atomic E-state index is 14.0. The van der Waals surface area contributed by atoms with E-state index in [0.29, 0.717) is 6.42 Å². The number of hydrogen-bond donors (Lipinski definition) is 0. The minimum absolute atomic E-state index is 0.0580. The van der Waals surface area contributed by atoms with Gasteiger partial charge in [0.1, 0.15) is 11.8 Å². The highest BCUT2D eigenvalue weighted by Crippen LogP contribution is 2.34. The van der Waals surface area contributed by atoms with Crippen LogP contribution in [0.3, 0.4) is 0 Å². The van der Waals surface area contributed by atoms with Gasteiger partial charge in [-0.1, -0.05) is 36.4 Å². The van der Waals surface area contributed by atoms with Crippen LogP contribution in [-0.2, 0) is 11.2 Å². The Balaban J connectivity index is 1.60. The minimum Gasteiger partial charge on any atom is -0.332 e. The molecule has 0 spiro atoms. The van der Waals surface area contributed by atoms with Gasteiger partial charge in [0.2, 0.25) is 5.91 Å². The van der Waals surface area contributed by atoms with Gasteiger partial charge in [0, 0.05) is 18.8 Å². The molecule has 0 saturated carbocycles. The molecule has 128 valence electrons. The molecule has 0 radical (unpaired) electrons. The fraction of sp³-hybridized carbons (Fsp3) is 0.300. The number of likely N-dealkylation sites (tertiary alicyclic amines) is 1. The number of benzene rings is 1. The number of carbonyl (C=O) groups is 1. The van der Waals surface area contributed by atoms with Crippen LogP contribution in [0.25, 0.3) is 5.65 Å². The summed E-state index contributed by atoms with van der Waals surface area (Å²) in [6, 6.07) is 13.4. The van der Waals surface area contributed by atoms with Crippen LogP contribution in [0, 0.1) is 6.92 Å². The lowest BCUT2D eigenvalue weighted by Crippen LogP contribution is -2.32. The lowest BCUT2D eigenvalue weighted by Gasteiger charge is -2.24. The average Bonchev–Trinajstić information content (AvgIpc) is 3.21. The largest absolute Gasteiger partial charge is 0.332 e. The van der Waals surface area contributed by atoms with Crippen molar-refractivity contribution in [3.05, 3.63) is 71.7 Å². The molecule has 1 saturated heterocycles. The third-order valence-electron chi connectivity index (χ3n) is 4.89. The van der Waals surface area contributed by atoms with E-state index < -0.39 is 6.17 Å². The Morgan fingerprint density at radius 3 is 2.84 bits per heavy atom. The van der Waals surface area contributed by atoms with Crippen molar-refractivity contribution in [2.24, 2.45) is 0 Å². The van der Waals surface area contributed by atoms with E-state index in [1.165, 1.54) is 0 Å². The molecule has 5 heteroatoms. The van der Waals surface area contributed by atoms with Crippen molar-refractivity contribution in [1.29, 1.82) is 0 Å². The zero-order valence-corrected chi connectivity index (χ0v) is 14.1. The zero-order chi connectivity index (χ0) is 17.4. The fourth-order valence-electron chi connectivity index (χ4n) is 3.64. The molecule has 2 unspecified atom stereocenters. The molecule has 1 aromatic carbocycles. The first kappa shape index (κ1) is 15.8. The second kappa shape index (κ2) is 6.31. The van der Waals surface area contributed by atoms with Crippen LogP contribution in [-0.4, -0.2) is 32.9 Å². The summed E-state index contributed by atoms with van der Waals surface area (Å²) < 4.78 is 16.0. The number of pyridine rings is 1. The number of aryl methyl sites for hydroxylation is 1. The summed E-state index contributed by atoms with van der Waals surface area (Å²) in [5.41, 5.74) is 3.74. The van der Waals surface area contributed by atoms with Crippen LogP contribution in [0.1, 0.15) is 29.3 Å². The Kier molecular flexibility index (Phi) is 3.99. The van der Waals surface area contributed by atoms with E-state index in [1.54, 1.807) is 11.1 Å². The molecule has 2 atom stereocenters. The molecule has 3 aromatic rings. The van der Waals surface area contributed by atoms with E-state index in [9.17, 15) is 9.18 Å². The number of nitrogens with zero attached hydrogens (tertiary/aromatic N) is 3. The maximum atomic E-state index is 14.0. The molecule has 4 nitrogen and oxygen atoms in total. The molecule has 2 aromatic heterocycles. The molecule has 1 aliphatic rings. The summed E-state index contributed by atoms with van der Waals surface area (Å²) in [5.74, 6) is -0.0580. The number of aromatic nitrogens is 2. The number of hydrogen-bond acceptors (Lipinski definition) is 2. The Hall–Kier alpha value is -2.69. The van der Waals surface area contributed by atoms with Gasteiger partial charge in [0.05, 0.1) is 24.7 Å². The number of fused-ring (bicyclic) bond motifs is 1. The number of halogens is 1. The van der Waals surface area contributed by atoms with Gasteiger partial charge in [-0.25, -0.2) is 9.37 Å². The Morgan fingerprint density at radius 1 is 1.24 bits per heavy atom. The molecular weight excluding hydrogens is 317 g/mol. The molecule has 4 rings (SSSR count). The average molecular weight is 337 g/mol. The van der Waals surface area contributed by atoms with Crippen molar-refractivity contribution in [1.82, 2.24) is 14.3 Å². The van der Waals surface area contributed by atoms with Gasteiger partial charge in [0.25, 0.3) is 0 Å². The van der Waals surface area contributed by atoms with E-state index in [0.717, 1.165) is 22.5 Å². The quantitative estimate of drug-likeness (QED) is 0.734. The van der Waals surface area contributed by atoms with Gasteiger partial charge in [-0.2, -0.15) is 0 Å². The van der Waals surface area contributed by atoms with Gasteiger partial charge < -0.3 is 9.30 Å². The Labute approximate surface area is 145 Å². The van der Waals surface area contributed by atoms with E-state index in [4.69, 9.17) is 0 Å². The van der Waals surface area contributed by atoms with Gasteiger partial charge in [-0.05, 0) is 24.1 Å². The van der Waals surface area contributed by atoms with Gasteiger partial charge in [-0.15, -0.1) is 0 Å². The number of amides is 1. The number of carbonyl (C=O) groups excluding carboxylic acids is 1. The predicted octanol–water partition coefficient (Wildman–Crippen LogP) is 3.50. The van der Waals surface area contributed by atoms with Crippen LogP contribution in [0.15, 0.2) is 54.9 Å². The van der Waals surface area contributed by atoms with Crippen LogP contribution >= 0.6 is 0 Å². The second-order valence-electron chi connectivity index (χ2n) is 6.62. The van der Waals surface area contributed by atoms with E-state index in [2.05, 4.69) is 4.98 Å². The molecule has 1 fully saturated rings. The first-order valence-electron chi connectivity index (χ1n) is 8.53. The molecule has 3 heterocycles. The van der Waals surface area contributed by atoms with E-state index in [-0.39, 0.29) is 24.9 Å². The lowest BCUT2D eigenvalue weighted by molar-refractivity contribution is -0.131. The summed E-state index contributed by atoms with van der Waals surface area (Å²) in [5, 5.41) is 0. The van der Waals surface area contributed by atoms with Crippen molar-refractivity contribution in [3.63, 3.8) is 0 Å². The normalized spacial score (nSPS) is 20.3. The van der Waals surface area contributed by atoms with Crippen molar-refractivity contribution in [3.8, 4) is 0 Å². The molecule has 0 bridgehead atoms. The SMILES string of the molecule is Cc1cccn2c(CC(=O)N3CC(F)CC3c3ccccc3)cnc12. The highest BCUT2D eigenvalue weighted by molar-refractivity contribution is 5.79. The summed E-state index contributed by atoms with van der Waals surface area (Å²) in [6.07, 6.45) is 3.26. The Morgan fingerprint density at radius 2 is 2.04 bits per heavy atom. The smallest absolute Gasteiger partial charge is 0.229 e. The fourth-order valence-corrected chi connectivity index (χ4v) is 3.64. The van der Waals surface area contributed by atoms with Crippen molar-refractivity contribution in [2.75, 3.05) is 6.54 Å². The van der Waals surface area contributed by atoms with Crippen LogP contribution < -0.4 is 0 Å². The van der Waals surface area contributed by atoms with Gasteiger partial charge in [0.15, 0.2) is 0 Å². The second-order valence-corrected chi connectivity index (χ2v) is 6.62. The topological polar surface area (TPSA) is 37.6 Å². The Bertz CT molecular complexity index is 906. The van der Waals surface area contributed by atoms with Crippen LogP contribution in [0.5, 0.6) is 0 Å². The molecular formula is C20H20FN3O. The van der Waals surface area contributed by atoms with E-state index >= 15 is 0 Å². The monoisotopic (exact) mass is 337 g/mol. The van der Waals surface area contributed by atoms with E-state index in [1.807, 2.05) is 60.0 Å². The molecule has 1 aliphatic heterocycles. The van der Waals surface area contributed by atoms with Gasteiger partial charge >= 0.3 is 0 Å². The standard InChI is InChI=1S/C20H20FN3O/c1-14-6-5-9-23-17(12-22-20(14)23)11-19(25)24-13-16(21)10-18(24)15-7-3-2-4-8-15/h2-9,12,16,18H,10-11,13H2,1H3. The first-order valence-corrected chi connectivity index (χ1v) is 8.53. The molecule has 1 amide bonds. The summed E-state index contributed by atoms with van der Waals surface area (Å²) in [4.78, 5) is 19.0. The highest BCUT2D eigenvalue weighted by Gasteiger charge is 2.36. The first-order chi connectivity index (χ1) is 12.1. The van der Waals surface area contributed by atoms with Crippen LogP contribution in [0.2, 0.25) is 0 Å². The number of alkyl halides is 1. The molecule has 0 N–H and O–H groups in total. The third-order valence-corrected chi connectivity index (χ3v) is 4.89. The molecule has 0 aliphatic carbocycles. The number of rotatable bonds is 3. The zero-order valence-electron chi connectivity index (χ0n) is 14.1. The van der Waals surface area contributed by atoms with Crippen molar-refractivity contribution >= 4 is 11.6 Å². The summed E-state index contributed by atoms with van der Waals surface area (Å²) in [7, 11) is 0. The molecule has 25 heavy (non-hydrogen) atoms. The minimum atomic E-state index is -0.974. The lowest BCUT2D eigenvalue weighted by atomic mass is 10.0.